The molecule has 0 atom stereocenters. The number of nitrogens with zero attached hydrogens (tertiary/aromatic N) is 1. The molecule has 2 amide bonds. The predicted octanol–water partition coefficient (Wildman–Crippen LogP) is 4.47. The normalized spacial score (nSPS) is 14.9. The van der Waals surface area contributed by atoms with Gasteiger partial charge in [-0.05, 0) is 23.3 Å². The summed E-state index contributed by atoms with van der Waals surface area (Å²) in [6, 6.07) is 24.3. The van der Waals surface area contributed by atoms with E-state index in [-0.39, 0.29) is 17.9 Å². The lowest BCUT2D eigenvalue weighted by Gasteiger charge is -2.11. The van der Waals surface area contributed by atoms with Crippen LogP contribution in [0, 0.1) is 0 Å². The summed E-state index contributed by atoms with van der Waals surface area (Å²) in [6.45, 7) is 0.0206. The van der Waals surface area contributed by atoms with Gasteiger partial charge in [0.25, 0.3) is 5.91 Å². The van der Waals surface area contributed by atoms with Crippen LogP contribution < -0.4 is 4.74 Å². The second kappa shape index (κ2) is 8.67. The third-order valence-electron chi connectivity index (χ3n) is 4.90. The quantitative estimate of drug-likeness (QED) is 0.440. The van der Waals surface area contributed by atoms with Crippen LogP contribution in [0.5, 0.6) is 5.75 Å². The number of allylic oxidation sites excluding steroid dienone is 1. The number of carbonyl (C=O) groups excluding carboxylic acids is 3. The first-order chi connectivity index (χ1) is 15.1. The number of Topliss-reactive ketones (excluding diaryl/α,β-unsaturated/α-hetero) is 1. The smallest absolute Gasteiger partial charge is 0.422 e. The molecule has 6 heteroatoms. The summed E-state index contributed by atoms with van der Waals surface area (Å²) in [6.07, 6.45) is -0.815. The summed E-state index contributed by atoms with van der Waals surface area (Å²) in [5.41, 5.74) is 1.68. The molecule has 3 aromatic rings. The van der Waals surface area contributed by atoms with Crippen LogP contribution in [0.1, 0.15) is 21.5 Å². The third kappa shape index (κ3) is 4.09. The van der Waals surface area contributed by atoms with Crippen LogP contribution in [0.4, 0.5) is 4.79 Å². The number of hydrogen-bond donors (Lipinski definition) is 0. The third-order valence-corrected chi connectivity index (χ3v) is 4.90. The monoisotopic (exact) mass is 413 g/mol. The molecule has 1 aliphatic rings. The molecule has 0 aromatic heterocycles. The van der Waals surface area contributed by atoms with E-state index in [1.807, 2.05) is 0 Å². The molecule has 0 unspecified atom stereocenters. The molecule has 0 aliphatic carbocycles. The number of ether oxygens (including phenoxy) is 2. The van der Waals surface area contributed by atoms with Gasteiger partial charge in [0.1, 0.15) is 5.75 Å². The lowest BCUT2D eigenvalue weighted by molar-refractivity contribution is -0.123. The summed E-state index contributed by atoms with van der Waals surface area (Å²) in [4.78, 5) is 39.9. The minimum Gasteiger partial charge on any atom is -0.497 e. The Bertz CT molecular complexity index is 1150. The maximum absolute atomic E-state index is 13.3. The van der Waals surface area contributed by atoms with Gasteiger partial charge in [0.05, 0.1) is 19.2 Å². The van der Waals surface area contributed by atoms with Gasteiger partial charge in [0.15, 0.2) is 5.78 Å². The Morgan fingerprint density at radius 3 is 2.00 bits per heavy atom. The van der Waals surface area contributed by atoms with Crippen molar-refractivity contribution in [3.8, 4) is 5.75 Å². The van der Waals surface area contributed by atoms with E-state index in [4.69, 9.17) is 9.47 Å². The van der Waals surface area contributed by atoms with E-state index in [0.29, 0.717) is 16.9 Å². The zero-order chi connectivity index (χ0) is 21.8. The molecule has 31 heavy (non-hydrogen) atoms. The van der Waals surface area contributed by atoms with Gasteiger partial charge >= 0.3 is 6.09 Å². The number of cyclic esters (lactones) is 1. The zero-order valence-corrected chi connectivity index (χ0v) is 16.8. The van der Waals surface area contributed by atoms with Crippen molar-refractivity contribution >= 4 is 23.4 Å². The summed E-state index contributed by atoms with van der Waals surface area (Å²) in [5.74, 6) is -0.642. The van der Waals surface area contributed by atoms with Crippen molar-refractivity contribution in [1.82, 2.24) is 4.90 Å². The highest BCUT2D eigenvalue weighted by Gasteiger charge is 2.40. The van der Waals surface area contributed by atoms with E-state index in [1.54, 1.807) is 92.0 Å². The van der Waals surface area contributed by atoms with E-state index in [2.05, 4.69) is 0 Å². The Kier molecular flexibility index (Phi) is 5.62. The number of benzene rings is 3. The maximum Gasteiger partial charge on any atom is 0.422 e. The van der Waals surface area contributed by atoms with Crippen LogP contribution in [-0.4, -0.2) is 29.8 Å². The van der Waals surface area contributed by atoms with Crippen LogP contribution >= 0.6 is 0 Å². The van der Waals surface area contributed by atoms with Crippen molar-refractivity contribution in [3.63, 3.8) is 0 Å². The Morgan fingerprint density at radius 1 is 0.839 bits per heavy atom. The molecule has 1 aliphatic heterocycles. The maximum atomic E-state index is 13.3. The molecule has 3 aromatic carbocycles. The zero-order valence-electron chi connectivity index (χ0n) is 16.8. The summed E-state index contributed by atoms with van der Waals surface area (Å²) in [5, 5.41) is 0. The van der Waals surface area contributed by atoms with Gasteiger partial charge in [-0.15, -0.1) is 0 Å². The molecular weight excluding hydrogens is 394 g/mol. The molecule has 0 spiro atoms. The van der Waals surface area contributed by atoms with Crippen molar-refractivity contribution < 1.29 is 23.9 Å². The fourth-order valence-electron chi connectivity index (χ4n) is 3.30. The second-order valence-corrected chi connectivity index (χ2v) is 6.87. The molecule has 1 fully saturated rings. The SMILES string of the molecule is COc1ccc(CN2C(=O)O/C(=C(/C(=O)c3ccccc3)c3ccccc3)C2=O)cc1. The molecule has 154 valence electrons. The van der Waals surface area contributed by atoms with Gasteiger partial charge in [-0.2, -0.15) is 0 Å². The van der Waals surface area contributed by atoms with E-state index >= 15 is 0 Å². The van der Waals surface area contributed by atoms with Gasteiger partial charge in [0.2, 0.25) is 5.76 Å². The molecule has 1 saturated heterocycles. The Morgan fingerprint density at radius 2 is 1.42 bits per heavy atom. The van der Waals surface area contributed by atoms with Crippen LogP contribution in [-0.2, 0) is 16.1 Å². The van der Waals surface area contributed by atoms with Crippen molar-refractivity contribution in [2.45, 2.75) is 6.54 Å². The molecule has 4 rings (SSSR count). The average molecular weight is 413 g/mol. The number of hydrogen-bond acceptors (Lipinski definition) is 5. The fourth-order valence-corrected chi connectivity index (χ4v) is 3.30. The lowest BCUT2D eigenvalue weighted by Crippen LogP contribution is -2.28. The highest BCUT2D eigenvalue weighted by molar-refractivity contribution is 6.34. The van der Waals surface area contributed by atoms with Crippen LogP contribution in [0.3, 0.4) is 0 Å². The minimum atomic E-state index is -0.815. The number of rotatable bonds is 6. The van der Waals surface area contributed by atoms with Gasteiger partial charge < -0.3 is 9.47 Å². The first-order valence-electron chi connectivity index (χ1n) is 9.64. The number of methoxy groups -OCH3 is 1. The summed E-state index contributed by atoms with van der Waals surface area (Å²) < 4.78 is 10.5. The molecule has 0 bridgehead atoms. The van der Waals surface area contributed by atoms with Crippen molar-refractivity contribution in [1.29, 1.82) is 0 Å². The molecule has 6 nitrogen and oxygen atoms in total. The Labute approximate surface area is 179 Å². The van der Waals surface area contributed by atoms with Gasteiger partial charge in [-0.1, -0.05) is 72.8 Å². The molecule has 0 N–H and O–H groups in total. The molecule has 0 saturated carbocycles. The lowest BCUT2D eigenvalue weighted by atomic mass is 9.95. The van der Waals surface area contributed by atoms with Gasteiger partial charge in [0, 0.05) is 5.56 Å². The van der Waals surface area contributed by atoms with Crippen LogP contribution in [0.25, 0.3) is 5.57 Å². The van der Waals surface area contributed by atoms with E-state index in [0.717, 1.165) is 10.5 Å². The van der Waals surface area contributed by atoms with Crippen molar-refractivity contribution in [3.05, 3.63) is 107 Å². The summed E-state index contributed by atoms with van der Waals surface area (Å²) in [7, 11) is 1.56. The molecular formula is C25H19NO5. The van der Waals surface area contributed by atoms with E-state index < -0.39 is 17.8 Å². The number of imide groups is 1. The summed E-state index contributed by atoms with van der Waals surface area (Å²) >= 11 is 0. The number of ketones is 1. The Hall–Kier alpha value is -4.19. The van der Waals surface area contributed by atoms with Crippen LogP contribution in [0.15, 0.2) is 90.7 Å². The van der Waals surface area contributed by atoms with Crippen LogP contribution in [0.2, 0.25) is 0 Å². The van der Waals surface area contributed by atoms with Gasteiger partial charge in [-0.3, -0.25) is 9.59 Å². The fraction of sp³-hybridized carbons (Fsp3) is 0.0800. The topological polar surface area (TPSA) is 72.9 Å². The number of carbonyl (C=O) groups is 3. The first-order valence-corrected chi connectivity index (χ1v) is 9.64. The minimum absolute atomic E-state index is 0.0206. The predicted molar refractivity (Wildman–Crippen MR) is 114 cm³/mol. The largest absolute Gasteiger partial charge is 0.497 e. The van der Waals surface area contributed by atoms with E-state index in [9.17, 15) is 14.4 Å². The van der Waals surface area contributed by atoms with Gasteiger partial charge in [-0.25, -0.2) is 9.69 Å². The molecule has 0 radical (unpaired) electrons. The molecule has 1 heterocycles. The average Bonchev–Trinajstić information content (AvgIpc) is 3.09. The highest BCUT2D eigenvalue weighted by atomic mass is 16.6. The standard InChI is InChI=1S/C25H19NO5/c1-30-20-14-12-17(13-15-20)16-26-24(28)23(31-25(26)29)21(18-8-4-2-5-9-18)22(27)19-10-6-3-7-11-19/h2-15H,16H2,1H3/b23-21+. The van der Waals surface area contributed by atoms with Crippen molar-refractivity contribution in [2.75, 3.05) is 7.11 Å². The van der Waals surface area contributed by atoms with E-state index in [1.165, 1.54) is 0 Å². The van der Waals surface area contributed by atoms with Crippen molar-refractivity contribution in [2.24, 2.45) is 0 Å². The second-order valence-electron chi connectivity index (χ2n) is 6.87. The number of amides is 2. The first kappa shape index (κ1) is 20.1. The Balaban J connectivity index is 1.73. The highest BCUT2D eigenvalue weighted by Crippen LogP contribution is 2.30.